The number of rotatable bonds is 3. The predicted octanol–water partition coefficient (Wildman–Crippen LogP) is 2.05. The van der Waals surface area contributed by atoms with Crippen LogP contribution >= 0.6 is 11.6 Å². The Labute approximate surface area is 102 Å². The number of aromatic nitrogens is 1. The summed E-state index contributed by atoms with van der Waals surface area (Å²) in [4.78, 5) is 6.53. The average Bonchev–Trinajstić information content (AvgIpc) is 2.33. The molecule has 0 radical (unpaired) electrons. The van der Waals surface area contributed by atoms with E-state index in [1.807, 2.05) is 12.1 Å². The second-order valence-electron chi connectivity index (χ2n) is 4.31. The second kappa shape index (κ2) is 5.62. The van der Waals surface area contributed by atoms with E-state index in [1.54, 1.807) is 6.20 Å². The van der Waals surface area contributed by atoms with Gasteiger partial charge in [0.25, 0.3) is 0 Å². The molecule has 4 heteroatoms. The molecule has 2 heterocycles. The number of likely N-dealkylation sites (tertiary alicyclic amines) is 1. The highest BCUT2D eigenvalue weighted by Crippen LogP contribution is 2.21. The third kappa shape index (κ3) is 2.73. The molecule has 1 aromatic rings. The van der Waals surface area contributed by atoms with Gasteiger partial charge in [-0.2, -0.15) is 0 Å². The van der Waals surface area contributed by atoms with Crippen molar-refractivity contribution in [2.45, 2.75) is 31.8 Å². The molecule has 1 aliphatic heterocycles. The normalized spacial score (nSPS) is 22.2. The van der Waals surface area contributed by atoms with E-state index in [2.05, 4.69) is 9.88 Å². The highest BCUT2D eigenvalue weighted by atomic mass is 35.5. The van der Waals surface area contributed by atoms with Gasteiger partial charge in [-0.05, 0) is 25.5 Å². The lowest BCUT2D eigenvalue weighted by atomic mass is 10.0. The highest BCUT2D eigenvalue weighted by Gasteiger charge is 2.21. The number of halogens is 1. The Morgan fingerprint density at radius 1 is 1.50 bits per heavy atom. The summed E-state index contributed by atoms with van der Waals surface area (Å²) >= 11 is 6.07. The summed E-state index contributed by atoms with van der Waals surface area (Å²) in [5.41, 5.74) is 6.90. The van der Waals surface area contributed by atoms with Crippen LogP contribution in [-0.2, 0) is 6.54 Å². The SMILES string of the molecule is NCC1CCCCN1Cc1cccnc1Cl. The number of hydrogen-bond donors (Lipinski definition) is 1. The second-order valence-corrected chi connectivity index (χ2v) is 4.67. The molecule has 0 aliphatic carbocycles. The lowest BCUT2D eigenvalue weighted by Crippen LogP contribution is -2.43. The standard InChI is InChI=1S/C12H18ClN3/c13-12-10(4-3-6-15-12)9-16-7-2-1-5-11(16)8-14/h3-4,6,11H,1-2,5,7-9,14H2. The summed E-state index contributed by atoms with van der Waals surface area (Å²) in [6.45, 7) is 2.72. The van der Waals surface area contributed by atoms with Gasteiger partial charge in [0.1, 0.15) is 5.15 Å². The van der Waals surface area contributed by atoms with Gasteiger partial charge in [-0.15, -0.1) is 0 Å². The fourth-order valence-corrected chi connectivity index (χ4v) is 2.47. The smallest absolute Gasteiger partial charge is 0.133 e. The lowest BCUT2D eigenvalue weighted by molar-refractivity contribution is 0.145. The quantitative estimate of drug-likeness (QED) is 0.821. The first-order valence-corrected chi connectivity index (χ1v) is 6.22. The molecule has 1 aromatic heterocycles. The van der Waals surface area contributed by atoms with Gasteiger partial charge in [0.2, 0.25) is 0 Å². The molecule has 16 heavy (non-hydrogen) atoms. The largest absolute Gasteiger partial charge is 0.329 e. The van der Waals surface area contributed by atoms with Crippen molar-refractivity contribution in [1.29, 1.82) is 0 Å². The van der Waals surface area contributed by atoms with Gasteiger partial charge in [-0.25, -0.2) is 4.98 Å². The van der Waals surface area contributed by atoms with E-state index in [1.165, 1.54) is 19.3 Å². The van der Waals surface area contributed by atoms with E-state index < -0.39 is 0 Å². The third-order valence-electron chi connectivity index (χ3n) is 3.23. The molecule has 0 saturated carbocycles. The zero-order valence-corrected chi connectivity index (χ0v) is 10.2. The molecule has 0 spiro atoms. The molecule has 88 valence electrons. The summed E-state index contributed by atoms with van der Waals surface area (Å²) in [5, 5.41) is 0.615. The number of pyridine rings is 1. The van der Waals surface area contributed by atoms with Crippen LogP contribution in [0.3, 0.4) is 0 Å². The van der Waals surface area contributed by atoms with E-state index in [4.69, 9.17) is 17.3 Å². The molecular weight excluding hydrogens is 222 g/mol. The average molecular weight is 240 g/mol. The van der Waals surface area contributed by atoms with E-state index in [0.717, 1.165) is 25.2 Å². The first-order valence-electron chi connectivity index (χ1n) is 5.85. The summed E-state index contributed by atoms with van der Waals surface area (Å²) in [5.74, 6) is 0. The van der Waals surface area contributed by atoms with Crippen LogP contribution in [0.2, 0.25) is 5.15 Å². The van der Waals surface area contributed by atoms with Gasteiger partial charge >= 0.3 is 0 Å². The topological polar surface area (TPSA) is 42.1 Å². The first kappa shape index (κ1) is 11.8. The fourth-order valence-electron chi connectivity index (χ4n) is 2.29. The van der Waals surface area contributed by atoms with Gasteiger partial charge in [0.15, 0.2) is 0 Å². The number of nitrogens with zero attached hydrogens (tertiary/aromatic N) is 2. The maximum atomic E-state index is 6.07. The van der Waals surface area contributed by atoms with Crippen LogP contribution in [0.25, 0.3) is 0 Å². The molecule has 0 amide bonds. The monoisotopic (exact) mass is 239 g/mol. The van der Waals surface area contributed by atoms with E-state index in [9.17, 15) is 0 Å². The van der Waals surface area contributed by atoms with Crippen LogP contribution < -0.4 is 5.73 Å². The van der Waals surface area contributed by atoms with Gasteiger partial charge in [-0.3, -0.25) is 4.90 Å². The molecule has 3 nitrogen and oxygen atoms in total. The third-order valence-corrected chi connectivity index (χ3v) is 3.57. The number of hydrogen-bond acceptors (Lipinski definition) is 3. The molecule has 0 bridgehead atoms. The zero-order valence-electron chi connectivity index (χ0n) is 9.40. The summed E-state index contributed by atoms with van der Waals surface area (Å²) in [6.07, 6.45) is 5.48. The van der Waals surface area contributed by atoms with Crippen molar-refractivity contribution in [1.82, 2.24) is 9.88 Å². The van der Waals surface area contributed by atoms with E-state index >= 15 is 0 Å². The molecule has 0 aromatic carbocycles. The van der Waals surface area contributed by atoms with Gasteiger partial charge < -0.3 is 5.73 Å². The Balaban J connectivity index is 2.05. The molecule has 1 unspecified atom stereocenters. The van der Waals surface area contributed by atoms with Crippen molar-refractivity contribution in [3.8, 4) is 0 Å². The predicted molar refractivity (Wildman–Crippen MR) is 66.4 cm³/mol. The minimum absolute atomic E-state index is 0.505. The summed E-state index contributed by atoms with van der Waals surface area (Å²) in [6, 6.07) is 4.48. The highest BCUT2D eigenvalue weighted by molar-refractivity contribution is 6.30. The van der Waals surface area contributed by atoms with Crippen molar-refractivity contribution in [3.05, 3.63) is 29.0 Å². The zero-order chi connectivity index (χ0) is 11.4. The van der Waals surface area contributed by atoms with Crippen molar-refractivity contribution < 1.29 is 0 Å². The Kier molecular flexibility index (Phi) is 4.16. The fraction of sp³-hybridized carbons (Fsp3) is 0.583. The van der Waals surface area contributed by atoms with Crippen molar-refractivity contribution in [2.24, 2.45) is 5.73 Å². The van der Waals surface area contributed by atoms with E-state index in [0.29, 0.717) is 11.2 Å². The van der Waals surface area contributed by atoms with Gasteiger partial charge in [0.05, 0.1) is 0 Å². The Bertz CT molecular complexity index is 343. The Morgan fingerprint density at radius 2 is 2.38 bits per heavy atom. The molecular formula is C12H18ClN3. The van der Waals surface area contributed by atoms with Crippen molar-refractivity contribution >= 4 is 11.6 Å². The van der Waals surface area contributed by atoms with Gasteiger partial charge in [-0.1, -0.05) is 24.1 Å². The molecule has 1 fully saturated rings. The number of nitrogens with two attached hydrogens (primary N) is 1. The number of piperidine rings is 1. The lowest BCUT2D eigenvalue weighted by Gasteiger charge is -2.35. The van der Waals surface area contributed by atoms with Crippen molar-refractivity contribution in [2.75, 3.05) is 13.1 Å². The summed E-state index contributed by atoms with van der Waals surface area (Å²) < 4.78 is 0. The van der Waals surface area contributed by atoms with Crippen LogP contribution in [0.5, 0.6) is 0 Å². The van der Waals surface area contributed by atoms with Crippen LogP contribution in [0.4, 0.5) is 0 Å². The summed E-state index contributed by atoms with van der Waals surface area (Å²) in [7, 11) is 0. The minimum Gasteiger partial charge on any atom is -0.329 e. The molecule has 2 N–H and O–H groups in total. The molecule has 1 saturated heterocycles. The first-order chi connectivity index (χ1) is 7.81. The Hall–Kier alpha value is -0.640. The molecule has 1 atom stereocenters. The minimum atomic E-state index is 0.505. The van der Waals surface area contributed by atoms with Crippen molar-refractivity contribution in [3.63, 3.8) is 0 Å². The van der Waals surface area contributed by atoms with E-state index in [-0.39, 0.29) is 0 Å². The molecule has 2 rings (SSSR count). The van der Waals surface area contributed by atoms with Crippen LogP contribution in [0.15, 0.2) is 18.3 Å². The Morgan fingerprint density at radius 3 is 3.12 bits per heavy atom. The van der Waals surface area contributed by atoms with Gasteiger partial charge in [0, 0.05) is 30.9 Å². The van der Waals surface area contributed by atoms with Crippen LogP contribution in [0.1, 0.15) is 24.8 Å². The van der Waals surface area contributed by atoms with Crippen LogP contribution in [-0.4, -0.2) is 29.0 Å². The maximum Gasteiger partial charge on any atom is 0.133 e. The van der Waals surface area contributed by atoms with Crippen LogP contribution in [0, 0.1) is 0 Å². The maximum absolute atomic E-state index is 6.07. The molecule has 1 aliphatic rings.